The van der Waals surface area contributed by atoms with Crippen LogP contribution in [0.2, 0.25) is 5.02 Å². The first-order valence-electron chi connectivity index (χ1n) is 7.10. The van der Waals surface area contributed by atoms with Crippen molar-refractivity contribution in [3.05, 3.63) is 70.2 Å². The van der Waals surface area contributed by atoms with Gasteiger partial charge in [-0.3, -0.25) is 4.79 Å². The van der Waals surface area contributed by atoms with Crippen LogP contribution in [0.5, 0.6) is 0 Å². The lowest BCUT2D eigenvalue weighted by atomic mass is 10.1. The molecule has 1 atom stereocenters. The van der Waals surface area contributed by atoms with E-state index in [0.29, 0.717) is 22.8 Å². The zero-order valence-corrected chi connectivity index (χ0v) is 13.7. The van der Waals surface area contributed by atoms with Crippen LogP contribution in [-0.2, 0) is 16.1 Å². The number of carbonyl (C=O) groups is 2. The monoisotopic (exact) mass is 332 g/mol. The first kappa shape index (κ1) is 17.2. The van der Waals surface area contributed by atoms with Crippen LogP contribution in [0.1, 0.15) is 33.2 Å². The molecule has 0 radical (unpaired) electrons. The van der Waals surface area contributed by atoms with Gasteiger partial charge >= 0.3 is 5.97 Å². The number of rotatable bonds is 6. The molecule has 2 aromatic carbocycles. The number of ether oxygens (including phenoxy) is 2. The molecule has 2 aromatic rings. The Hall–Kier alpha value is -2.17. The third-order valence-corrected chi connectivity index (χ3v) is 3.51. The molecule has 0 amide bonds. The van der Waals surface area contributed by atoms with Crippen molar-refractivity contribution in [3.8, 4) is 0 Å². The van der Waals surface area contributed by atoms with Crippen LogP contribution >= 0.6 is 11.6 Å². The lowest BCUT2D eigenvalue weighted by Crippen LogP contribution is -2.24. The van der Waals surface area contributed by atoms with E-state index in [1.165, 1.54) is 0 Å². The molecule has 0 spiro atoms. The Morgan fingerprint density at radius 1 is 1.09 bits per heavy atom. The molecule has 0 aliphatic rings. The number of carbonyl (C=O) groups excluding carboxylic acids is 2. The van der Waals surface area contributed by atoms with Gasteiger partial charge in [-0.05, 0) is 48.9 Å². The third kappa shape index (κ3) is 4.65. The Balaban J connectivity index is 2.05. The number of ketones is 1. The quantitative estimate of drug-likeness (QED) is 0.594. The first-order valence-corrected chi connectivity index (χ1v) is 7.47. The molecule has 0 saturated carbocycles. The fraction of sp³-hybridized carbons (Fsp3) is 0.222. The SMILES string of the molecule is COCc1cccc(C(=O)OC(C)C(=O)c2ccc(Cl)cc2)c1. The highest BCUT2D eigenvalue weighted by Gasteiger charge is 2.20. The zero-order chi connectivity index (χ0) is 16.8. The van der Waals surface area contributed by atoms with E-state index in [2.05, 4.69) is 0 Å². The Morgan fingerprint density at radius 3 is 2.43 bits per heavy atom. The summed E-state index contributed by atoms with van der Waals surface area (Å²) in [7, 11) is 1.58. The molecule has 5 heteroatoms. The van der Waals surface area contributed by atoms with Crippen molar-refractivity contribution in [2.24, 2.45) is 0 Å². The summed E-state index contributed by atoms with van der Waals surface area (Å²) in [5.74, 6) is -0.819. The Bertz CT molecular complexity index is 694. The highest BCUT2D eigenvalue weighted by atomic mass is 35.5. The van der Waals surface area contributed by atoms with Gasteiger partial charge in [-0.15, -0.1) is 0 Å². The summed E-state index contributed by atoms with van der Waals surface area (Å²) in [6.07, 6.45) is -0.880. The summed E-state index contributed by atoms with van der Waals surface area (Å²) in [5.41, 5.74) is 1.69. The van der Waals surface area contributed by atoms with E-state index >= 15 is 0 Å². The summed E-state index contributed by atoms with van der Waals surface area (Å²) in [4.78, 5) is 24.4. The lowest BCUT2D eigenvalue weighted by molar-refractivity contribution is 0.0318. The van der Waals surface area contributed by atoms with E-state index in [1.54, 1.807) is 56.5 Å². The highest BCUT2D eigenvalue weighted by Crippen LogP contribution is 2.14. The van der Waals surface area contributed by atoms with Gasteiger partial charge in [-0.25, -0.2) is 4.79 Å². The van der Waals surface area contributed by atoms with E-state index in [1.807, 2.05) is 6.07 Å². The van der Waals surface area contributed by atoms with Gasteiger partial charge < -0.3 is 9.47 Å². The highest BCUT2D eigenvalue weighted by molar-refractivity contribution is 6.30. The molecule has 0 heterocycles. The van der Waals surface area contributed by atoms with Crippen LogP contribution in [0.25, 0.3) is 0 Å². The number of halogens is 1. The zero-order valence-electron chi connectivity index (χ0n) is 12.9. The molecule has 0 N–H and O–H groups in total. The Morgan fingerprint density at radius 2 is 1.78 bits per heavy atom. The minimum Gasteiger partial charge on any atom is -0.451 e. The summed E-state index contributed by atoms with van der Waals surface area (Å²) in [6, 6.07) is 13.4. The fourth-order valence-corrected chi connectivity index (χ4v) is 2.21. The summed E-state index contributed by atoms with van der Waals surface area (Å²) in [5, 5.41) is 0.543. The minimum absolute atomic E-state index is 0.275. The number of hydrogen-bond donors (Lipinski definition) is 0. The van der Waals surface area contributed by atoms with Gasteiger partial charge in [0.25, 0.3) is 0 Å². The summed E-state index contributed by atoms with van der Waals surface area (Å²) in [6.45, 7) is 1.95. The molecule has 4 nitrogen and oxygen atoms in total. The van der Waals surface area contributed by atoms with Crippen molar-refractivity contribution < 1.29 is 19.1 Å². The van der Waals surface area contributed by atoms with Crippen molar-refractivity contribution in [1.29, 1.82) is 0 Å². The van der Waals surface area contributed by atoms with Gasteiger partial charge in [-0.1, -0.05) is 23.7 Å². The number of hydrogen-bond acceptors (Lipinski definition) is 4. The molecule has 2 rings (SSSR count). The predicted octanol–water partition coefficient (Wildman–Crippen LogP) is 3.91. The first-order chi connectivity index (χ1) is 11.0. The van der Waals surface area contributed by atoms with Crippen molar-refractivity contribution in [2.75, 3.05) is 7.11 Å². The van der Waals surface area contributed by atoms with Gasteiger partial charge in [0.2, 0.25) is 5.78 Å². The van der Waals surface area contributed by atoms with Crippen LogP contribution in [0.15, 0.2) is 48.5 Å². The van der Waals surface area contributed by atoms with E-state index in [9.17, 15) is 9.59 Å². The smallest absolute Gasteiger partial charge is 0.338 e. The Kier molecular flexibility index (Phi) is 5.90. The summed E-state index contributed by atoms with van der Waals surface area (Å²) < 4.78 is 10.3. The fourth-order valence-electron chi connectivity index (χ4n) is 2.09. The maximum atomic E-state index is 12.3. The molecule has 0 bridgehead atoms. The van der Waals surface area contributed by atoms with Crippen LogP contribution in [0, 0.1) is 0 Å². The maximum absolute atomic E-state index is 12.3. The van der Waals surface area contributed by atoms with E-state index < -0.39 is 12.1 Å². The Labute approximate surface area is 140 Å². The lowest BCUT2D eigenvalue weighted by Gasteiger charge is -2.13. The minimum atomic E-state index is -0.880. The van der Waals surface area contributed by atoms with Gasteiger partial charge in [0, 0.05) is 17.7 Å². The number of methoxy groups -OCH3 is 1. The summed E-state index contributed by atoms with van der Waals surface area (Å²) >= 11 is 5.79. The number of benzene rings is 2. The molecular formula is C18H17ClO4. The molecule has 23 heavy (non-hydrogen) atoms. The van der Waals surface area contributed by atoms with Crippen molar-refractivity contribution in [2.45, 2.75) is 19.6 Å². The average molecular weight is 333 g/mol. The normalized spacial score (nSPS) is 11.8. The van der Waals surface area contributed by atoms with Gasteiger partial charge in [0.1, 0.15) is 0 Å². The van der Waals surface area contributed by atoms with Crippen molar-refractivity contribution >= 4 is 23.4 Å². The molecule has 0 aliphatic heterocycles. The third-order valence-electron chi connectivity index (χ3n) is 3.26. The van der Waals surface area contributed by atoms with Crippen LogP contribution in [0.4, 0.5) is 0 Å². The number of esters is 1. The van der Waals surface area contributed by atoms with Gasteiger partial charge in [0.05, 0.1) is 12.2 Å². The van der Waals surface area contributed by atoms with Crippen molar-refractivity contribution in [1.82, 2.24) is 0 Å². The van der Waals surface area contributed by atoms with Crippen LogP contribution in [0.3, 0.4) is 0 Å². The van der Waals surface area contributed by atoms with E-state index in [-0.39, 0.29) is 5.78 Å². The standard InChI is InChI=1S/C18H17ClO4/c1-12(17(20)14-6-8-16(19)9-7-14)23-18(21)15-5-3-4-13(10-15)11-22-2/h3-10,12H,11H2,1-2H3. The van der Waals surface area contributed by atoms with Gasteiger partial charge in [0.15, 0.2) is 6.10 Å². The number of Topliss-reactive ketones (excluding diaryl/α,β-unsaturated/α-hetero) is 1. The van der Waals surface area contributed by atoms with Crippen molar-refractivity contribution in [3.63, 3.8) is 0 Å². The molecule has 0 fully saturated rings. The molecule has 0 saturated heterocycles. The molecular weight excluding hydrogens is 316 g/mol. The topological polar surface area (TPSA) is 52.6 Å². The predicted molar refractivity (Wildman–Crippen MR) is 87.8 cm³/mol. The van der Waals surface area contributed by atoms with Gasteiger partial charge in [-0.2, -0.15) is 0 Å². The maximum Gasteiger partial charge on any atom is 0.338 e. The molecule has 1 unspecified atom stereocenters. The van der Waals surface area contributed by atoms with E-state index in [0.717, 1.165) is 5.56 Å². The second-order valence-electron chi connectivity index (χ2n) is 5.05. The molecule has 0 aromatic heterocycles. The molecule has 0 aliphatic carbocycles. The molecule has 120 valence electrons. The van der Waals surface area contributed by atoms with Crippen LogP contribution < -0.4 is 0 Å². The second-order valence-corrected chi connectivity index (χ2v) is 5.49. The second kappa shape index (κ2) is 7.90. The van der Waals surface area contributed by atoms with Crippen LogP contribution in [-0.4, -0.2) is 25.0 Å². The van der Waals surface area contributed by atoms with E-state index in [4.69, 9.17) is 21.1 Å². The largest absolute Gasteiger partial charge is 0.451 e. The average Bonchev–Trinajstić information content (AvgIpc) is 2.55.